The van der Waals surface area contributed by atoms with Crippen LogP contribution in [-0.2, 0) is 0 Å². The van der Waals surface area contributed by atoms with E-state index in [1.165, 1.54) is 0 Å². The minimum Gasteiger partial charge on any atom is -0.395 e. The van der Waals surface area contributed by atoms with E-state index in [9.17, 15) is 0 Å². The van der Waals surface area contributed by atoms with Gasteiger partial charge in [0.1, 0.15) is 0 Å². The summed E-state index contributed by atoms with van der Waals surface area (Å²) in [5.41, 5.74) is 1.02. The fraction of sp³-hybridized carbons (Fsp3) is 0.538. The van der Waals surface area contributed by atoms with E-state index in [0.29, 0.717) is 16.6 Å². The Balaban J connectivity index is 2.68. The Morgan fingerprint density at radius 3 is 2.67 bits per heavy atom. The standard InChI is InChI=1S/C13H20Cl2N2O/c1-16-12(6-7-17(2)8-9-18)10-4-3-5-11(14)13(10)15/h3-5,12,16,18H,6-9H2,1-2H3. The maximum Gasteiger partial charge on any atom is 0.0640 e. The maximum atomic E-state index is 8.86. The minimum absolute atomic E-state index is 0.164. The van der Waals surface area contributed by atoms with Crippen molar-refractivity contribution in [2.75, 3.05) is 33.8 Å². The van der Waals surface area contributed by atoms with Crippen LogP contribution in [0.3, 0.4) is 0 Å². The van der Waals surface area contributed by atoms with Crippen molar-refractivity contribution in [3.05, 3.63) is 33.8 Å². The SMILES string of the molecule is CNC(CCN(C)CCO)c1cccc(Cl)c1Cl. The lowest BCUT2D eigenvalue weighted by Gasteiger charge is -2.22. The summed E-state index contributed by atoms with van der Waals surface area (Å²) in [6.45, 7) is 1.74. The summed E-state index contributed by atoms with van der Waals surface area (Å²) in [5.74, 6) is 0. The summed E-state index contributed by atoms with van der Waals surface area (Å²) in [6.07, 6.45) is 0.910. The van der Waals surface area contributed by atoms with Crippen LogP contribution in [0.1, 0.15) is 18.0 Å². The monoisotopic (exact) mass is 290 g/mol. The molecule has 1 atom stereocenters. The molecule has 0 heterocycles. The van der Waals surface area contributed by atoms with Gasteiger partial charge in [-0.3, -0.25) is 0 Å². The highest BCUT2D eigenvalue weighted by Crippen LogP contribution is 2.31. The second kappa shape index (κ2) is 7.97. The van der Waals surface area contributed by atoms with Gasteiger partial charge < -0.3 is 15.3 Å². The second-order valence-corrected chi connectivity index (χ2v) is 5.09. The Labute approximate surface area is 119 Å². The zero-order chi connectivity index (χ0) is 13.5. The smallest absolute Gasteiger partial charge is 0.0640 e. The Morgan fingerprint density at radius 1 is 1.33 bits per heavy atom. The molecule has 1 rings (SSSR count). The van der Waals surface area contributed by atoms with E-state index < -0.39 is 0 Å². The summed E-state index contributed by atoms with van der Waals surface area (Å²) in [7, 11) is 3.90. The predicted molar refractivity (Wildman–Crippen MR) is 77.5 cm³/mol. The van der Waals surface area contributed by atoms with E-state index in [0.717, 1.165) is 18.5 Å². The molecule has 0 amide bonds. The molecule has 1 unspecified atom stereocenters. The van der Waals surface area contributed by atoms with Crippen molar-refractivity contribution in [1.82, 2.24) is 10.2 Å². The number of hydrogen-bond donors (Lipinski definition) is 2. The maximum absolute atomic E-state index is 8.86. The predicted octanol–water partition coefficient (Wildman–Crippen LogP) is 2.57. The van der Waals surface area contributed by atoms with Crippen LogP contribution in [0.4, 0.5) is 0 Å². The number of aliphatic hydroxyl groups excluding tert-OH is 1. The second-order valence-electron chi connectivity index (χ2n) is 4.30. The molecule has 0 aromatic heterocycles. The zero-order valence-corrected chi connectivity index (χ0v) is 12.3. The molecule has 18 heavy (non-hydrogen) atoms. The molecule has 0 saturated heterocycles. The highest BCUT2D eigenvalue weighted by atomic mass is 35.5. The van der Waals surface area contributed by atoms with Crippen LogP contribution in [0.2, 0.25) is 10.0 Å². The number of nitrogens with one attached hydrogen (secondary N) is 1. The molecule has 1 aromatic rings. The quantitative estimate of drug-likeness (QED) is 0.810. The molecule has 0 radical (unpaired) electrons. The highest BCUT2D eigenvalue weighted by Gasteiger charge is 2.15. The number of rotatable bonds is 7. The van der Waals surface area contributed by atoms with Crippen LogP contribution in [0.15, 0.2) is 18.2 Å². The average molecular weight is 291 g/mol. The summed E-state index contributed by atoms with van der Waals surface area (Å²) in [5, 5.41) is 13.3. The lowest BCUT2D eigenvalue weighted by Crippen LogP contribution is -2.27. The third kappa shape index (κ3) is 4.41. The third-order valence-electron chi connectivity index (χ3n) is 2.99. The molecule has 1 aromatic carbocycles. The molecule has 5 heteroatoms. The van der Waals surface area contributed by atoms with Crippen LogP contribution in [0.5, 0.6) is 0 Å². The molecular weight excluding hydrogens is 271 g/mol. The van der Waals surface area contributed by atoms with E-state index in [1.807, 2.05) is 26.2 Å². The summed E-state index contributed by atoms with van der Waals surface area (Å²) in [4.78, 5) is 2.09. The van der Waals surface area contributed by atoms with Gasteiger partial charge in [0.2, 0.25) is 0 Å². The van der Waals surface area contributed by atoms with Gasteiger partial charge in [-0.25, -0.2) is 0 Å². The van der Waals surface area contributed by atoms with Gasteiger partial charge in [0.05, 0.1) is 16.7 Å². The molecule has 0 aliphatic heterocycles. The first kappa shape index (κ1) is 15.7. The fourth-order valence-corrected chi connectivity index (χ4v) is 2.32. The highest BCUT2D eigenvalue weighted by molar-refractivity contribution is 6.42. The number of halogens is 2. The first-order chi connectivity index (χ1) is 8.60. The number of aliphatic hydroxyl groups is 1. The van der Waals surface area contributed by atoms with Gasteiger partial charge >= 0.3 is 0 Å². The molecule has 102 valence electrons. The van der Waals surface area contributed by atoms with Crippen molar-refractivity contribution >= 4 is 23.2 Å². The van der Waals surface area contributed by atoms with E-state index in [1.54, 1.807) is 6.07 Å². The average Bonchev–Trinajstić information content (AvgIpc) is 2.35. The van der Waals surface area contributed by atoms with Gasteiger partial charge in [-0.05, 0) is 38.7 Å². The molecule has 0 aliphatic carbocycles. The minimum atomic E-state index is 0.164. The Hall–Kier alpha value is -0.320. The van der Waals surface area contributed by atoms with Crippen molar-refractivity contribution in [3.63, 3.8) is 0 Å². The van der Waals surface area contributed by atoms with Crippen molar-refractivity contribution in [3.8, 4) is 0 Å². The van der Waals surface area contributed by atoms with Gasteiger partial charge in [0, 0.05) is 12.6 Å². The van der Waals surface area contributed by atoms with Gasteiger partial charge in [0.15, 0.2) is 0 Å². The number of benzene rings is 1. The van der Waals surface area contributed by atoms with Crippen molar-refractivity contribution in [2.45, 2.75) is 12.5 Å². The first-order valence-corrected chi connectivity index (χ1v) is 6.76. The van der Waals surface area contributed by atoms with E-state index in [4.69, 9.17) is 28.3 Å². The summed E-state index contributed by atoms with van der Waals surface area (Å²) < 4.78 is 0. The molecule has 0 bridgehead atoms. The van der Waals surface area contributed by atoms with Crippen molar-refractivity contribution in [2.24, 2.45) is 0 Å². The van der Waals surface area contributed by atoms with E-state index in [2.05, 4.69) is 10.2 Å². The first-order valence-electron chi connectivity index (χ1n) is 6.00. The lowest BCUT2D eigenvalue weighted by atomic mass is 10.0. The van der Waals surface area contributed by atoms with Crippen molar-refractivity contribution in [1.29, 1.82) is 0 Å². The lowest BCUT2D eigenvalue weighted by molar-refractivity contribution is 0.216. The summed E-state index contributed by atoms with van der Waals surface area (Å²) in [6, 6.07) is 5.85. The third-order valence-corrected chi connectivity index (χ3v) is 3.82. The Morgan fingerprint density at radius 2 is 2.06 bits per heavy atom. The topological polar surface area (TPSA) is 35.5 Å². The van der Waals surface area contributed by atoms with Crippen LogP contribution >= 0.6 is 23.2 Å². The van der Waals surface area contributed by atoms with Crippen LogP contribution < -0.4 is 5.32 Å². The molecule has 3 nitrogen and oxygen atoms in total. The fourth-order valence-electron chi connectivity index (χ4n) is 1.88. The Kier molecular flexibility index (Phi) is 6.97. The van der Waals surface area contributed by atoms with Gasteiger partial charge in [-0.1, -0.05) is 35.3 Å². The molecular formula is C13H20Cl2N2O. The van der Waals surface area contributed by atoms with E-state index in [-0.39, 0.29) is 12.6 Å². The van der Waals surface area contributed by atoms with Crippen LogP contribution in [0, 0.1) is 0 Å². The largest absolute Gasteiger partial charge is 0.395 e. The van der Waals surface area contributed by atoms with Gasteiger partial charge in [-0.15, -0.1) is 0 Å². The molecule has 0 spiro atoms. The van der Waals surface area contributed by atoms with Gasteiger partial charge in [0.25, 0.3) is 0 Å². The van der Waals surface area contributed by atoms with Gasteiger partial charge in [-0.2, -0.15) is 0 Å². The Bertz CT molecular complexity index is 374. The summed E-state index contributed by atoms with van der Waals surface area (Å²) >= 11 is 12.2. The number of hydrogen-bond acceptors (Lipinski definition) is 3. The molecule has 0 fully saturated rings. The number of nitrogens with zero attached hydrogens (tertiary/aromatic N) is 1. The normalized spacial score (nSPS) is 13.0. The molecule has 2 N–H and O–H groups in total. The van der Waals surface area contributed by atoms with Crippen molar-refractivity contribution < 1.29 is 5.11 Å². The molecule has 0 saturated carbocycles. The number of likely N-dealkylation sites (N-methyl/N-ethyl adjacent to an activating group) is 1. The zero-order valence-electron chi connectivity index (χ0n) is 10.8. The molecule has 0 aliphatic rings. The van der Waals surface area contributed by atoms with Crippen LogP contribution in [-0.4, -0.2) is 43.8 Å². The van der Waals surface area contributed by atoms with Crippen LogP contribution in [0.25, 0.3) is 0 Å². The van der Waals surface area contributed by atoms with E-state index >= 15 is 0 Å².